The molecule has 0 saturated carbocycles. The average molecular weight is 535 g/mol. The fourth-order valence-electron chi connectivity index (χ4n) is 2.58. The Hall–Kier alpha value is -3.46. The maximum atomic E-state index is 12.6. The highest BCUT2D eigenvalue weighted by Gasteiger charge is 2.17. The first-order chi connectivity index (χ1) is 14.7. The molecule has 31 heavy (non-hydrogen) atoms. The number of anilines is 1. The number of nitro groups is 1. The molecule has 0 radical (unpaired) electrons. The van der Waals surface area contributed by atoms with Crippen molar-refractivity contribution >= 4 is 51.9 Å². The average Bonchev–Trinajstić information content (AvgIpc) is 2.70. The molecule has 0 spiro atoms. The zero-order valence-electron chi connectivity index (χ0n) is 16.9. The molecule has 0 heterocycles. The summed E-state index contributed by atoms with van der Waals surface area (Å²) in [5.74, 6) is -0.606. The number of nitrogens with zero attached hydrogens (tertiary/aromatic N) is 2. The van der Waals surface area contributed by atoms with Crippen LogP contribution in [0.1, 0.15) is 25.0 Å². The third kappa shape index (κ3) is 6.26. The van der Waals surface area contributed by atoms with Crippen LogP contribution >= 0.6 is 22.6 Å². The minimum atomic E-state index is -0.670. The van der Waals surface area contributed by atoms with E-state index in [1.807, 2.05) is 28.7 Å². The Kier molecular flexibility index (Phi) is 8.09. The normalized spacial score (nSPS) is 10.7. The van der Waals surface area contributed by atoms with Gasteiger partial charge in [-0.15, -0.1) is 0 Å². The molecule has 0 saturated heterocycles. The van der Waals surface area contributed by atoms with Crippen molar-refractivity contribution in [2.24, 2.45) is 0 Å². The van der Waals surface area contributed by atoms with Crippen LogP contribution in [0.4, 0.5) is 11.4 Å². The molecule has 1 N–H and O–H groups in total. The fraction of sp³-hybridized carbons (Fsp3) is 0.190. The smallest absolute Gasteiger partial charge is 0.308 e. The summed E-state index contributed by atoms with van der Waals surface area (Å²) in [5.41, 5.74) is 1.05. The number of hydrogen-bond acceptors (Lipinski definition) is 7. The first kappa shape index (κ1) is 23.8. The molecular weight excluding hydrogens is 517 g/mol. The molecule has 2 aromatic rings. The number of carbonyl (C=O) groups excluding carboxylic acids is 2. The van der Waals surface area contributed by atoms with E-state index < -0.39 is 16.8 Å². The number of non-ortho nitro benzene ring substituents is 1. The van der Waals surface area contributed by atoms with Gasteiger partial charge in [0.25, 0.3) is 11.6 Å². The van der Waals surface area contributed by atoms with Gasteiger partial charge in [0.15, 0.2) is 11.5 Å². The van der Waals surface area contributed by atoms with Gasteiger partial charge in [0.05, 0.1) is 15.1 Å². The molecule has 0 aliphatic rings. The molecular formula is C21H18IN3O6. The Bertz CT molecular complexity index is 1120. The second-order valence-electron chi connectivity index (χ2n) is 6.24. The maximum Gasteiger partial charge on any atom is 0.308 e. The Labute approximate surface area is 191 Å². The van der Waals surface area contributed by atoms with E-state index in [0.717, 1.165) is 0 Å². The predicted octanol–water partition coefficient (Wildman–Crippen LogP) is 4.38. The van der Waals surface area contributed by atoms with E-state index in [1.165, 1.54) is 31.2 Å². The summed E-state index contributed by atoms with van der Waals surface area (Å²) in [6, 6.07) is 9.06. The molecule has 160 valence electrons. The molecule has 0 unspecified atom stereocenters. The Morgan fingerprint density at radius 2 is 2.03 bits per heavy atom. The molecule has 2 rings (SSSR count). The second kappa shape index (κ2) is 10.5. The Morgan fingerprint density at radius 3 is 2.58 bits per heavy atom. The van der Waals surface area contributed by atoms with Crippen LogP contribution in [0, 0.1) is 31.9 Å². The number of amides is 1. The first-order valence-electron chi connectivity index (χ1n) is 8.99. The molecule has 0 fully saturated rings. The molecule has 0 aliphatic carbocycles. The zero-order chi connectivity index (χ0) is 23.1. The van der Waals surface area contributed by atoms with Crippen LogP contribution in [0.2, 0.25) is 0 Å². The lowest BCUT2D eigenvalue weighted by atomic mass is 10.1. The first-order valence-corrected chi connectivity index (χ1v) is 10.1. The molecule has 9 nitrogen and oxygen atoms in total. The summed E-state index contributed by atoms with van der Waals surface area (Å²) < 4.78 is 11.3. The largest absolute Gasteiger partial charge is 0.490 e. The van der Waals surface area contributed by atoms with Gasteiger partial charge in [0.2, 0.25) is 0 Å². The van der Waals surface area contributed by atoms with Gasteiger partial charge in [-0.3, -0.25) is 19.7 Å². The van der Waals surface area contributed by atoms with E-state index in [2.05, 4.69) is 5.32 Å². The predicted molar refractivity (Wildman–Crippen MR) is 122 cm³/mol. The molecule has 2 aromatic carbocycles. The van der Waals surface area contributed by atoms with Gasteiger partial charge in [-0.25, -0.2) is 0 Å². The standard InChI is InChI=1S/C21H18IN3O6/c1-4-30-19-10-14(9-17(22)20(19)31-13(3)26)8-15(11-23)21(27)24-18-6-5-16(25(28)29)7-12(18)2/h5-10H,4H2,1-3H3,(H,24,27). The zero-order valence-corrected chi connectivity index (χ0v) is 19.1. The number of esters is 1. The lowest BCUT2D eigenvalue weighted by Crippen LogP contribution is -2.14. The summed E-state index contributed by atoms with van der Waals surface area (Å²) in [6.07, 6.45) is 1.37. The summed E-state index contributed by atoms with van der Waals surface area (Å²) in [6.45, 7) is 4.98. The van der Waals surface area contributed by atoms with Crippen molar-refractivity contribution in [3.63, 3.8) is 0 Å². The highest BCUT2D eigenvalue weighted by Crippen LogP contribution is 2.35. The SMILES string of the molecule is CCOc1cc(C=C(C#N)C(=O)Nc2ccc([N+](=O)[O-])cc2C)cc(I)c1OC(C)=O. The monoisotopic (exact) mass is 535 g/mol. The van der Waals surface area contributed by atoms with Crippen molar-refractivity contribution in [3.8, 4) is 17.6 Å². The van der Waals surface area contributed by atoms with E-state index in [1.54, 1.807) is 26.0 Å². The summed E-state index contributed by atoms with van der Waals surface area (Å²) >= 11 is 1.97. The number of nitriles is 1. The Balaban J connectivity index is 2.36. The van der Waals surface area contributed by atoms with E-state index in [-0.39, 0.29) is 17.0 Å². The highest BCUT2D eigenvalue weighted by atomic mass is 127. The van der Waals surface area contributed by atoms with E-state index in [4.69, 9.17) is 9.47 Å². The van der Waals surface area contributed by atoms with Crippen molar-refractivity contribution in [2.75, 3.05) is 11.9 Å². The van der Waals surface area contributed by atoms with Gasteiger partial charge in [0.1, 0.15) is 11.6 Å². The van der Waals surface area contributed by atoms with Gasteiger partial charge < -0.3 is 14.8 Å². The second-order valence-corrected chi connectivity index (χ2v) is 7.40. The van der Waals surface area contributed by atoms with Gasteiger partial charge >= 0.3 is 5.97 Å². The van der Waals surface area contributed by atoms with E-state index >= 15 is 0 Å². The number of nitrogens with one attached hydrogen (secondary N) is 1. The minimum Gasteiger partial charge on any atom is -0.490 e. The molecule has 0 aliphatic heterocycles. The van der Waals surface area contributed by atoms with Crippen molar-refractivity contribution in [2.45, 2.75) is 20.8 Å². The molecule has 0 atom stereocenters. The van der Waals surface area contributed by atoms with Gasteiger partial charge in [-0.2, -0.15) is 5.26 Å². The third-order valence-electron chi connectivity index (χ3n) is 3.92. The Morgan fingerprint density at radius 1 is 1.32 bits per heavy atom. The number of benzene rings is 2. The number of halogens is 1. The fourth-order valence-corrected chi connectivity index (χ4v) is 3.32. The number of hydrogen-bond donors (Lipinski definition) is 1. The molecule has 0 aromatic heterocycles. The summed E-state index contributed by atoms with van der Waals surface area (Å²) in [4.78, 5) is 34.3. The van der Waals surface area contributed by atoms with Crippen molar-refractivity contribution in [1.82, 2.24) is 0 Å². The number of ether oxygens (including phenoxy) is 2. The highest BCUT2D eigenvalue weighted by molar-refractivity contribution is 14.1. The van der Waals surface area contributed by atoms with Gasteiger partial charge in [0, 0.05) is 24.7 Å². The molecule has 0 bridgehead atoms. The van der Waals surface area contributed by atoms with Crippen LogP contribution in [0.5, 0.6) is 11.5 Å². The molecule has 1 amide bonds. The topological polar surface area (TPSA) is 132 Å². The van der Waals surface area contributed by atoms with Crippen LogP contribution in [0.15, 0.2) is 35.9 Å². The van der Waals surface area contributed by atoms with Crippen LogP contribution < -0.4 is 14.8 Å². The maximum absolute atomic E-state index is 12.6. The number of aryl methyl sites for hydroxylation is 1. The number of carbonyl (C=O) groups is 2. The van der Waals surface area contributed by atoms with Gasteiger partial charge in [-0.05, 0) is 71.8 Å². The molecule has 10 heteroatoms. The number of nitro benzene ring substituents is 1. The summed E-state index contributed by atoms with van der Waals surface area (Å²) in [5, 5.41) is 22.9. The van der Waals surface area contributed by atoms with Crippen LogP contribution in [-0.4, -0.2) is 23.4 Å². The van der Waals surface area contributed by atoms with Crippen LogP contribution in [-0.2, 0) is 9.59 Å². The quantitative estimate of drug-likeness (QED) is 0.106. The van der Waals surface area contributed by atoms with Crippen molar-refractivity contribution < 1.29 is 24.0 Å². The van der Waals surface area contributed by atoms with Crippen molar-refractivity contribution in [1.29, 1.82) is 5.26 Å². The van der Waals surface area contributed by atoms with Gasteiger partial charge in [-0.1, -0.05) is 0 Å². The lowest BCUT2D eigenvalue weighted by molar-refractivity contribution is -0.384. The van der Waals surface area contributed by atoms with E-state index in [0.29, 0.717) is 32.7 Å². The van der Waals surface area contributed by atoms with E-state index in [9.17, 15) is 25.0 Å². The number of rotatable bonds is 7. The third-order valence-corrected chi connectivity index (χ3v) is 4.72. The minimum absolute atomic E-state index is 0.0996. The van der Waals surface area contributed by atoms with Crippen LogP contribution in [0.3, 0.4) is 0 Å². The van der Waals surface area contributed by atoms with Crippen molar-refractivity contribution in [3.05, 3.63) is 60.7 Å². The van der Waals surface area contributed by atoms with Crippen LogP contribution in [0.25, 0.3) is 6.08 Å². The summed E-state index contributed by atoms with van der Waals surface area (Å²) in [7, 11) is 0. The lowest BCUT2D eigenvalue weighted by Gasteiger charge is -2.13.